The summed E-state index contributed by atoms with van der Waals surface area (Å²) in [5, 5.41) is 7.09. The molecule has 0 radical (unpaired) electrons. The molecular formula is C16H15ClN4O3S. The number of carbonyl (C=O) groups is 2. The predicted octanol–water partition coefficient (Wildman–Crippen LogP) is 1.91. The van der Waals surface area contributed by atoms with Gasteiger partial charge in [0.15, 0.2) is 0 Å². The Kier molecular flexibility index (Phi) is 4.82. The highest BCUT2D eigenvalue weighted by molar-refractivity contribution is 8.00. The third-order valence-corrected chi connectivity index (χ3v) is 5.05. The number of thioether (sulfide) groups is 1. The van der Waals surface area contributed by atoms with E-state index in [0.717, 1.165) is 10.2 Å². The highest BCUT2D eigenvalue weighted by Gasteiger charge is 2.26. The zero-order valence-electron chi connectivity index (χ0n) is 13.6. The maximum absolute atomic E-state index is 12.6. The number of anilines is 2. The van der Waals surface area contributed by atoms with E-state index in [1.165, 1.54) is 22.9 Å². The number of carbonyl (C=O) groups excluding carboxylic acids is 2. The smallest absolute Gasteiger partial charge is 0.292 e. The number of fused-ring (bicyclic) bond motifs is 1. The Morgan fingerprint density at radius 2 is 2.16 bits per heavy atom. The third-order valence-electron chi connectivity index (χ3n) is 3.74. The summed E-state index contributed by atoms with van der Waals surface area (Å²) in [5.74, 6) is -0.331. The third kappa shape index (κ3) is 3.54. The molecule has 1 aliphatic rings. The van der Waals surface area contributed by atoms with Crippen LogP contribution in [0.3, 0.4) is 0 Å². The van der Waals surface area contributed by atoms with Gasteiger partial charge in [0, 0.05) is 7.05 Å². The number of aryl methyl sites for hydroxylation is 1. The van der Waals surface area contributed by atoms with Crippen molar-refractivity contribution in [2.45, 2.75) is 18.4 Å². The van der Waals surface area contributed by atoms with E-state index in [9.17, 15) is 14.4 Å². The van der Waals surface area contributed by atoms with E-state index in [1.54, 1.807) is 19.2 Å². The number of aromatic nitrogens is 2. The maximum atomic E-state index is 12.6. The van der Waals surface area contributed by atoms with Gasteiger partial charge in [-0.25, -0.2) is 4.68 Å². The second-order valence-electron chi connectivity index (χ2n) is 5.59. The molecule has 7 nitrogen and oxygen atoms in total. The number of nitrogens with zero attached hydrogens (tertiary/aromatic N) is 3. The van der Waals surface area contributed by atoms with Crippen LogP contribution in [0.15, 0.2) is 34.1 Å². The number of halogens is 1. The minimum atomic E-state index is -0.481. The standard InChI is InChI=1S/C16H15ClN4O3S/c1-9-3-4-11(10(17)5-9)19-13(22)7-21-16(24)15-12(6-18-21)25-8-14(23)20(15)2/h3-6H,7-8H2,1-2H3,(H,19,22). The van der Waals surface area contributed by atoms with Gasteiger partial charge in [-0.3, -0.25) is 14.4 Å². The van der Waals surface area contributed by atoms with Crippen LogP contribution in [0.4, 0.5) is 11.4 Å². The molecule has 130 valence electrons. The molecule has 2 amide bonds. The molecule has 1 N–H and O–H groups in total. The average molecular weight is 379 g/mol. The van der Waals surface area contributed by atoms with Gasteiger partial charge in [0.05, 0.1) is 27.6 Å². The van der Waals surface area contributed by atoms with E-state index in [4.69, 9.17) is 11.6 Å². The first-order valence-electron chi connectivity index (χ1n) is 7.42. The summed E-state index contributed by atoms with van der Waals surface area (Å²) < 4.78 is 1.03. The van der Waals surface area contributed by atoms with Gasteiger partial charge in [0.2, 0.25) is 11.8 Å². The van der Waals surface area contributed by atoms with E-state index >= 15 is 0 Å². The molecule has 25 heavy (non-hydrogen) atoms. The van der Waals surface area contributed by atoms with Crippen LogP contribution in [-0.2, 0) is 16.1 Å². The van der Waals surface area contributed by atoms with Crippen LogP contribution in [0, 0.1) is 6.92 Å². The largest absolute Gasteiger partial charge is 0.323 e. The van der Waals surface area contributed by atoms with Crippen molar-refractivity contribution in [3.05, 3.63) is 45.3 Å². The number of nitrogens with one attached hydrogen (secondary N) is 1. The van der Waals surface area contributed by atoms with Crippen LogP contribution in [0.5, 0.6) is 0 Å². The Morgan fingerprint density at radius 1 is 1.40 bits per heavy atom. The quantitative estimate of drug-likeness (QED) is 0.882. The lowest BCUT2D eigenvalue weighted by Gasteiger charge is -2.24. The lowest BCUT2D eigenvalue weighted by atomic mass is 10.2. The van der Waals surface area contributed by atoms with Gasteiger partial charge < -0.3 is 10.2 Å². The van der Waals surface area contributed by atoms with Crippen LogP contribution >= 0.6 is 23.4 Å². The Morgan fingerprint density at radius 3 is 2.88 bits per heavy atom. The van der Waals surface area contributed by atoms with E-state index < -0.39 is 11.5 Å². The monoisotopic (exact) mass is 378 g/mol. The molecular weight excluding hydrogens is 364 g/mol. The molecule has 0 saturated carbocycles. The average Bonchev–Trinajstić information content (AvgIpc) is 2.56. The minimum absolute atomic E-state index is 0.164. The fourth-order valence-electron chi connectivity index (χ4n) is 2.40. The van der Waals surface area contributed by atoms with E-state index in [0.29, 0.717) is 15.6 Å². The van der Waals surface area contributed by atoms with Gasteiger partial charge in [0.1, 0.15) is 12.2 Å². The predicted molar refractivity (Wildman–Crippen MR) is 97.4 cm³/mol. The Balaban J connectivity index is 1.82. The number of benzene rings is 1. The van der Waals surface area contributed by atoms with E-state index in [2.05, 4.69) is 10.4 Å². The first kappa shape index (κ1) is 17.5. The summed E-state index contributed by atoms with van der Waals surface area (Å²) in [5.41, 5.74) is 1.20. The highest BCUT2D eigenvalue weighted by atomic mass is 35.5. The van der Waals surface area contributed by atoms with Crippen molar-refractivity contribution < 1.29 is 9.59 Å². The SMILES string of the molecule is Cc1ccc(NC(=O)Cn2ncc3c(c2=O)N(C)C(=O)CS3)c(Cl)c1. The number of amides is 2. The van der Waals surface area contributed by atoms with E-state index in [1.807, 2.05) is 13.0 Å². The van der Waals surface area contributed by atoms with Crippen molar-refractivity contribution in [3.63, 3.8) is 0 Å². The zero-order valence-corrected chi connectivity index (χ0v) is 15.1. The fourth-order valence-corrected chi connectivity index (χ4v) is 3.64. The number of hydrogen-bond donors (Lipinski definition) is 1. The summed E-state index contributed by atoms with van der Waals surface area (Å²) in [7, 11) is 1.54. The Labute approximate surface area is 153 Å². The molecule has 2 heterocycles. The molecule has 0 fully saturated rings. The Bertz CT molecular complexity index is 928. The summed E-state index contributed by atoms with van der Waals surface area (Å²) in [4.78, 5) is 38.5. The molecule has 2 aromatic rings. The van der Waals surface area contributed by atoms with Crippen molar-refractivity contribution in [1.29, 1.82) is 0 Å². The molecule has 0 spiro atoms. The van der Waals surface area contributed by atoms with Crippen molar-refractivity contribution in [1.82, 2.24) is 9.78 Å². The summed E-state index contributed by atoms with van der Waals surface area (Å²) >= 11 is 7.36. The molecule has 3 rings (SSSR count). The second-order valence-corrected chi connectivity index (χ2v) is 7.02. The topological polar surface area (TPSA) is 84.3 Å². The first-order valence-corrected chi connectivity index (χ1v) is 8.78. The Hall–Kier alpha value is -2.32. The molecule has 0 bridgehead atoms. The molecule has 1 aromatic carbocycles. The highest BCUT2D eigenvalue weighted by Crippen LogP contribution is 2.30. The first-order chi connectivity index (χ1) is 11.9. The van der Waals surface area contributed by atoms with Crippen LogP contribution in [0.2, 0.25) is 5.02 Å². The van der Waals surface area contributed by atoms with Crippen molar-refractivity contribution in [2.75, 3.05) is 23.0 Å². The normalized spacial score (nSPS) is 13.6. The fraction of sp³-hybridized carbons (Fsp3) is 0.250. The zero-order chi connectivity index (χ0) is 18.1. The molecule has 0 atom stereocenters. The van der Waals surface area contributed by atoms with Crippen molar-refractivity contribution >= 4 is 46.6 Å². The van der Waals surface area contributed by atoms with Gasteiger partial charge in [-0.15, -0.1) is 11.8 Å². The van der Waals surface area contributed by atoms with Crippen molar-refractivity contribution in [2.24, 2.45) is 0 Å². The van der Waals surface area contributed by atoms with Gasteiger partial charge >= 0.3 is 0 Å². The van der Waals surface area contributed by atoms with E-state index in [-0.39, 0.29) is 23.9 Å². The second kappa shape index (κ2) is 6.89. The van der Waals surface area contributed by atoms with Crippen LogP contribution in [0.25, 0.3) is 0 Å². The van der Waals surface area contributed by atoms with Gasteiger partial charge in [-0.2, -0.15) is 5.10 Å². The molecule has 1 aromatic heterocycles. The molecule has 0 saturated heterocycles. The van der Waals surface area contributed by atoms with Gasteiger partial charge in [-0.1, -0.05) is 17.7 Å². The van der Waals surface area contributed by atoms with Crippen LogP contribution < -0.4 is 15.8 Å². The van der Waals surface area contributed by atoms with Gasteiger partial charge in [0.25, 0.3) is 5.56 Å². The molecule has 9 heteroatoms. The van der Waals surface area contributed by atoms with Crippen LogP contribution in [0.1, 0.15) is 5.56 Å². The number of hydrogen-bond acceptors (Lipinski definition) is 5. The minimum Gasteiger partial charge on any atom is -0.323 e. The van der Waals surface area contributed by atoms with Crippen molar-refractivity contribution in [3.8, 4) is 0 Å². The number of rotatable bonds is 3. The lowest BCUT2D eigenvalue weighted by Crippen LogP contribution is -2.40. The summed E-state index contributed by atoms with van der Waals surface area (Å²) in [6.45, 7) is 1.62. The molecule has 0 aliphatic carbocycles. The molecule has 1 aliphatic heterocycles. The van der Waals surface area contributed by atoms with Gasteiger partial charge in [-0.05, 0) is 24.6 Å². The maximum Gasteiger partial charge on any atom is 0.292 e. The summed E-state index contributed by atoms with van der Waals surface area (Å²) in [6, 6.07) is 5.25. The van der Waals surface area contributed by atoms with Crippen LogP contribution in [-0.4, -0.2) is 34.4 Å². The lowest BCUT2D eigenvalue weighted by molar-refractivity contribution is -0.117. The molecule has 0 unspecified atom stereocenters. The summed E-state index contributed by atoms with van der Waals surface area (Å²) in [6.07, 6.45) is 1.50.